The van der Waals surface area contributed by atoms with Gasteiger partial charge >= 0.3 is 5.97 Å². The second-order valence-electron chi connectivity index (χ2n) is 6.41. The maximum Gasteiger partial charge on any atom is 0.303 e. The van der Waals surface area contributed by atoms with Crippen LogP contribution in [0.25, 0.3) is 0 Å². The molecule has 0 bridgehead atoms. The molecular weight excluding hydrogens is 316 g/mol. The minimum atomic E-state index is -0.744. The molecule has 1 aliphatic carbocycles. The van der Waals surface area contributed by atoms with Crippen molar-refractivity contribution in [2.24, 2.45) is 5.92 Å². The quantitative estimate of drug-likeness (QED) is 0.730. The number of aryl methyl sites for hydroxylation is 1. The van der Waals surface area contributed by atoms with Crippen molar-refractivity contribution < 1.29 is 14.7 Å². The number of amides is 1. The topological polar surface area (TPSA) is 90.3 Å². The summed E-state index contributed by atoms with van der Waals surface area (Å²) in [4.78, 5) is 23.2. The molecule has 2 aromatic rings. The number of carboxylic acid groups (broad SMARTS) is 1. The van der Waals surface area contributed by atoms with Crippen molar-refractivity contribution in [3.05, 3.63) is 64.7 Å². The lowest BCUT2D eigenvalue weighted by molar-refractivity contribution is -0.138. The van der Waals surface area contributed by atoms with Gasteiger partial charge in [-0.25, -0.2) is 0 Å². The minimum absolute atomic E-state index is 0.184. The van der Waals surface area contributed by atoms with Gasteiger partial charge in [0.05, 0.1) is 0 Å². The molecule has 0 aromatic heterocycles. The lowest BCUT2D eigenvalue weighted by atomic mass is 9.82. The number of aliphatic carboxylic acids is 1. The molecule has 2 aromatic carbocycles. The summed E-state index contributed by atoms with van der Waals surface area (Å²) >= 11 is 0. The van der Waals surface area contributed by atoms with Crippen molar-refractivity contribution in [3.8, 4) is 0 Å². The fourth-order valence-electron chi connectivity index (χ4n) is 3.26. The van der Waals surface area contributed by atoms with E-state index in [2.05, 4.69) is 5.32 Å². The van der Waals surface area contributed by atoms with Crippen molar-refractivity contribution in [2.75, 3.05) is 5.32 Å². The van der Waals surface area contributed by atoms with E-state index in [0.29, 0.717) is 5.56 Å². The number of rotatable bonds is 5. The number of nitrogens with one attached hydrogen (secondary N) is 2. The number of hydrogen-bond donors (Lipinski definition) is 3. The zero-order valence-electron chi connectivity index (χ0n) is 13.8. The highest BCUT2D eigenvalue weighted by molar-refractivity contribution is 6.04. The van der Waals surface area contributed by atoms with E-state index < -0.39 is 5.97 Å². The standard InChI is InChI=1S/C20H20N2O3/c21-12-13-1-4-15(5-2-13)20(25)22-18-8-7-16-9-14(10-19(23)24)3-6-17(16)11-18/h1-2,4-5,7-8,11-12,14,21H,3,6,9-10H2,(H,22,25)(H,23,24). The molecule has 3 N–H and O–H groups in total. The first-order valence-electron chi connectivity index (χ1n) is 8.30. The third kappa shape index (κ3) is 4.12. The van der Waals surface area contributed by atoms with Crippen molar-refractivity contribution in [1.29, 1.82) is 5.41 Å². The minimum Gasteiger partial charge on any atom is -0.481 e. The molecule has 0 heterocycles. The van der Waals surface area contributed by atoms with Crippen LogP contribution in [0.5, 0.6) is 0 Å². The van der Waals surface area contributed by atoms with Crippen LogP contribution < -0.4 is 5.32 Å². The molecule has 0 saturated heterocycles. The molecule has 25 heavy (non-hydrogen) atoms. The van der Waals surface area contributed by atoms with Crippen LogP contribution in [0.1, 0.15) is 39.9 Å². The second-order valence-corrected chi connectivity index (χ2v) is 6.41. The first-order chi connectivity index (χ1) is 12.0. The number of carbonyl (C=O) groups excluding carboxylic acids is 1. The van der Waals surface area contributed by atoms with Gasteiger partial charge in [0.2, 0.25) is 0 Å². The summed E-state index contributed by atoms with van der Waals surface area (Å²) in [6, 6.07) is 12.7. The summed E-state index contributed by atoms with van der Waals surface area (Å²) in [6.45, 7) is 0. The Hall–Kier alpha value is -2.95. The average molecular weight is 336 g/mol. The number of anilines is 1. The zero-order chi connectivity index (χ0) is 17.8. The number of hydrogen-bond acceptors (Lipinski definition) is 3. The van der Waals surface area contributed by atoms with Gasteiger partial charge < -0.3 is 15.8 Å². The Kier molecular flexibility index (Phi) is 4.93. The second kappa shape index (κ2) is 7.30. The SMILES string of the molecule is N=Cc1ccc(C(=O)Nc2ccc3c(c2)CCC(CC(=O)O)C3)cc1. The predicted octanol–water partition coefficient (Wildman–Crippen LogP) is 3.52. The van der Waals surface area contributed by atoms with Crippen molar-refractivity contribution in [3.63, 3.8) is 0 Å². The van der Waals surface area contributed by atoms with Gasteiger partial charge in [0.25, 0.3) is 5.91 Å². The van der Waals surface area contributed by atoms with Crippen LogP contribution in [0.4, 0.5) is 5.69 Å². The molecule has 5 nitrogen and oxygen atoms in total. The Balaban J connectivity index is 1.69. The number of fused-ring (bicyclic) bond motifs is 1. The Labute approximate surface area is 146 Å². The molecular formula is C20H20N2O3. The number of benzene rings is 2. The van der Waals surface area contributed by atoms with Crippen LogP contribution in [0.2, 0.25) is 0 Å². The van der Waals surface area contributed by atoms with Crippen LogP contribution in [-0.4, -0.2) is 23.2 Å². The Bertz CT molecular complexity index is 812. The van der Waals surface area contributed by atoms with Crippen LogP contribution in [0, 0.1) is 11.3 Å². The third-order valence-electron chi connectivity index (χ3n) is 4.60. The molecule has 3 rings (SSSR count). The fraction of sp³-hybridized carbons (Fsp3) is 0.250. The number of carbonyl (C=O) groups is 2. The molecule has 0 aliphatic heterocycles. The molecule has 128 valence electrons. The normalized spacial score (nSPS) is 15.9. The molecule has 0 radical (unpaired) electrons. The summed E-state index contributed by atoms with van der Waals surface area (Å²) in [7, 11) is 0. The molecule has 0 spiro atoms. The van der Waals surface area contributed by atoms with Gasteiger partial charge in [0.15, 0.2) is 0 Å². The van der Waals surface area contributed by atoms with E-state index in [1.165, 1.54) is 17.3 Å². The van der Waals surface area contributed by atoms with Gasteiger partial charge in [-0.05, 0) is 66.1 Å². The van der Waals surface area contributed by atoms with Crippen LogP contribution in [-0.2, 0) is 17.6 Å². The smallest absolute Gasteiger partial charge is 0.303 e. The summed E-state index contributed by atoms with van der Waals surface area (Å²) in [6.07, 6.45) is 3.93. The van der Waals surface area contributed by atoms with Gasteiger partial charge in [-0.3, -0.25) is 9.59 Å². The fourth-order valence-corrected chi connectivity index (χ4v) is 3.26. The Morgan fingerprint density at radius 2 is 1.92 bits per heavy atom. The highest BCUT2D eigenvalue weighted by Crippen LogP contribution is 2.29. The Morgan fingerprint density at radius 1 is 1.16 bits per heavy atom. The largest absolute Gasteiger partial charge is 0.481 e. The van der Waals surface area contributed by atoms with Gasteiger partial charge in [0, 0.05) is 23.9 Å². The van der Waals surface area contributed by atoms with E-state index in [-0.39, 0.29) is 18.2 Å². The van der Waals surface area contributed by atoms with E-state index in [1.54, 1.807) is 24.3 Å². The van der Waals surface area contributed by atoms with Gasteiger partial charge in [0.1, 0.15) is 0 Å². The van der Waals surface area contributed by atoms with Crippen molar-refractivity contribution >= 4 is 23.8 Å². The summed E-state index contributed by atoms with van der Waals surface area (Å²) in [5, 5.41) is 19.0. The van der Waals surface area contributed by atoms with Crippen LogP contribution >= 0.6 is 0 Å². The van der Waals surface area contributed by atoms with E-state index >= 15 is 0 Å². The highest BCUT2D eigenvalue weighted by atomic mass is 16.4. The first kappa shape index (κ1) is 16.9. The average Bonchev–Trinajstić information content (AvgIpc) is 2.61. The lowest BCUT2D eigenvalue weighted by Crippen LogP contribution is -2.18. The zero-order valence-corrected chi connectivity index (χ0v) is 13.8. The van der Waals surface area contributed by atoms with E-state index in [9.17, 15) is 9.59 Å². The van der Waals surface area contributed by atoms with E-state index in [0.717, 1.165) is 30.5 Å². The number of carboxylic acids is 1. The summed E-state index contributed by atoms with van der Waals surface area (Å²) in [5.41, 5.74) is 4.40. The van der Waals surface area contributed by atoms with Gasteiger partial charge in [-0.15, -0.1) is 0 Å². The molecule has 1 aliphatic rings. The Morgan fingerprint density at radius 3 is 2.60 bits per heavy atom. The maximum atomic E-state index is 12.3. The summed E-state index contributed by atoms with van der Waals surface area (Å²) in [5.74, 6) is -0.736. The van der Waals surface area contributed by atoms with Crippen molar-refractivity contribution in [2.45, 2.75) is 25.7 Å². The van der Waals surface area contributed by atoms with Gasteiger partial charge in [-0.2, -0.15) is 0 Å². The van der Waals surface area contributed by atoms with Crippen LogP contribution in [0.3, 0.4) is 0 Å². The highest BCUT2D eigenvalue weighted by Gasteiger charge is 2.21. The van der Waals surface area contributed by atoms with Crippen LogP contribution in [0.15, 0.2) is 42.5 Å². The monoisotopic (exact) mass is 336 g/mol. The predicted molar refractivity (Wildman–Crippen MR) is 96.5 cm³/mol. The molecule has 1 amide bonds. The third-order valence-corrected chi connectivity index (χ3v) is 4.60. The summed E-state index contributed by atoms with van der Waals surface area (Å²) < 4.78 is 0. The molecule has 5 heteroatoms. The van der Waals surface area contributed by atoms with E-state index in [4.69, 9.17) is 10.5 Å². The lowest BCUT2D eigenvalue weighted by Gasteiger charge is -2.24. The molecule has 1 unspecified atom stereocenters. The van der Waals surface area contributed by atoms with E-state index in [1.807, 2.05) is 18.2 Å². The van der Waals surface area contributed by atoms with Gasteiger partial charge in [-0.1, -0.05) is 18.2 Å². The molecule has 1 atom stereocenters. The molecule has 0 saturated carbocycles. The first-order valence-corrected chi connectivity index (χ1v) is 8.30. The maximum absolute atomic E-state index is 12.3. The van der Waals surface area contributed by atoms with Crippen molar-refractivity contribution in [1.82, 2.24) is 0 Å². The molecule has 0 fully saturated rings.